The van der Waals surface area contributed by atoms with Crippen molar-refractivity contribution in [2.45, 2.75) is 13.8 Å². The van der Waals surface area contributed by atoms with Crippen molar-refractivity contribution in [2.24, 2.45) is 0 Å². The molecule has 0 bridgehead atoms. The fourth-order valence-electron chi connectivity index (χ4n) is 2.20. The molecule has 0 N–H and O–H groups in total. The Morgan fingerprint density at radius 1 is 1.48 bits per heavy atom. The fourth-order valence-corrected chi connectivity index (χ4v) is 3.06. The van der Waals surface area contributed by atoms with E-state index in [1.807, 2.05) is 6.92 Å². The SMILES string of the molecule is CC(=O)c1cc(Cl)c(C)c(Br)c1OCCN1CCOCC1. The van der Waals surface area contributed by atoms with Gasteiger partial charge in [-0.3, -0.25) is 9.69 Å². The van der Waals surface area contributed by atoms with Crippen LogP contribution in [-0.2, 0) is 4.74 Å². The second-order valence-electron chi connectivity index (χ2n) is 5.03. The van der Waals surface area contributed by atoms with Gasteiger partial charge in [0.15, 0.2) is 5.78 Å². The maximum absolute atomic E-state index is 11.8. The van der Waals surface area contributed by atoms with Crippen LogP contribution in [-0.4, -0.2) is 50.1 Å². The Morgan fingerprint density at radius 2 is 2.14 bits per heavy atom. The summed E-state index contributed by atoms with van der Waals surface area (Å²) in [6.07, 6.45) is 0. The van der Waals surface area contributed by atoms with Gasteiger partial charge >= 0.3 is 0 Å². The zero-order chi connectivity index (χ0) is 15.4. The second-order valence-corrected chi connectivity index (χ2v) is 6.23. The molecule has 1 aliphatic heterocycles. The Bertz CT molecular complexity index is 530. The highest BCUT2D eigenvalue weighted by Gasteiger charge is 2.18. The first-order valence-electron chi connectivity index (χ1n) is 6.93. The van der Waals surface area contributed by atoms with Gasteiger partial charge in [-0.1, -0.05) is 11.6 Å². The third kappa shape index (κ3) is 4.19. The largest absolute Gasteiger partial charge is 0.490 e. The lowest BCUT2D eigenvalue weighted by atomic mass is 10.1. The third-order valence-electron chi connectivity index (χ3n) is 3.54. The smallest absolute Gasteiger partial charge is 0.163 e. The van der Waals surface area contributed by atoms with E-state index in [9.17, 15) is 4.79 Å². The van der Waals surface area contributed by atoms with Gasteiger partial charge in [0, 0.05) is 24.7 Å². The first-order valence-corrected chi connectivity index (χ1v) is 8.10. The molecule has 0 radical (unpaired) electrons. The first-order chi connectivity index (χ1) is 10.0. The highest BCUT2D eigenvalue weighted by molar-refractivity contribution is 9.10. The van der Waals surface area contributed by atoms with E-state index in [4.69, 9.17) is 21.1 Å². The summed E-state index contributed by atoms with van der Waals surface area (Å²) < 4.78 is 11.9. The molecule has 0 aromatic heterocycles. The maximum Gasteiger partial charge on any atom is 0.163 e. The molecule has 0 unspecified atom stereocenters. The molecule has 1 aromatic carbocycles. The maximum atomic E-state index is 11.8. The van der Waals surface area contributed by atoms with Crippen molar-refractivity contribution in [3.63, 3.8) is 0 Å². The Hall–Kier alpha value is -0.620. The van der Waals surface area contributed by atoms with E-state index in [1.54, 1.807) is 6.07 Å². The summed E-state index contributed by atoms with van der Waals surface area (Å²) in [6.45, 7) is 8.13. The van der Waals surface area contributed by atoms with E-state index in [0.717, 1.165) is 42.9 Å². The molecular formula is C15H19BrClNO3. The normalized spacial score (nSPS) is 16.0. The van der Waals surface area contributed by atoms with E-state index >= 15 is 0 Å². The summed E-state index contributed by atoms with van der Waals surface area (Å²) in [4.78, 5) is 14.0. The number of ketones is 1. The molecule has 1 fully saturated rings. The van der Waals surface area contributed by atoms with E-state index < -0.39 is 0 Å². The highest BCUT2D eigenvalue weighted by Crippen LogP contribution is 2.37. The number of ether oxygens (including phenoxy) is 2. The van der Waals surface area contributed by atoms with Crippen LogP contribution in [0.4, 0.5) is 0 Å². The summed E-state index contributed by atoms with van der Waals surface area (Å²) >= 11 is 9.61. The molecule has 0 aliphatic carbocycles. The molecule has 2 rings (SSSR count). The van der Waals surface area contributed by atoms with Gasteiger partial charge in [0.25, 0.3) is 0 Å². The molecule has 0 atom stereocenters. The van der Waals surface area contributed by atoms with Crippen molar-refractivity contribution < 1.29 is 14.3 Å². The summed E-state index contributed by atoms with van der Waals surface area (Å²) in [5, 5.41) is 0.563. The lowest BCUT2D eigenvalue weighted by Crippen LogP contribution is -2.38. The monoisotopic (exact) mass is 375 g/mol. The summed E-state index contributed by atoms with van der Waals surface area (Å²) in [5.74, 6) is 0.525. The Balaban J connectivity index is 2.07. The number of carbonyl (C=O) groups is 1. The fraction of sp³-hybridized carbons (Fsp3) is 0.533. The topological polar surface area (TPSA) is 38.8 Å². The Kier molecular flexibility index (Phi) is 6.05. The number of halogens is 2. The van der Waals surface area contributed by atoms with Gasteiger partial charge in [-0.05, 0) is 41.4 Å². The van der Waals surface area contributed by atoms with Crippen LogP contribution >= 0.6 is 27.5 Å². The standard InChI is InChI=1S/C15H19BrClNO3/c1-10-13(17)9-12(11(2)19)15(14(10)16)21-8-5-18-3-6-20-7-4-18/h9H,3-8H2,1-2H3. The minimum Gasteiger partial charge on any atom is -0.490 e. The molecule has 1 aromatic rings. The summed E-state index contributed by atoms with van der Waals surface area (Å²) in [5.41, 5.74) is 1.39. The number of morpholine rings is 1. The average Bonchev–Trinajstić information content (AvgIpc) is 2.47. The zero-order valence-electron chi connectivity index (χ0n) is 12.2. The van der Waals surface area contributed by atoms with E-state index in [0.29, 0.717) is 22.9 Å². The Morgan fingerprint density at radius 3 is 2.76 bits per heavy atom. The average molecular weight is 377 g/mol. The van der Waals surface area contributed by atoms with Gasteiger partial charge in [-0.15, -0.1) is 0 Å². The molecule has 1 heterocycles. The predicted octanol–water partition coefficient (Wildman–Crippen LogP) is 3.32. The number of hydrogen-bond donors (Lipinski definition) is 0. The van der Waals surface area contributed by atoms with E-state index in [-0.39, 0.29) is 5.78 Å². The quantitative estimate of drug-likeness (QED) is 0.739. The Labute approximate surface area is 138 Å². The minimum absolute atomic E-state index is 0.0565. The number of benzene rings is 1. The molecule has 1 aliphatic rings. The zero-order valence-corrected chi connectivity index (χ0v) is 14.6. The predicted molar refractivity (Wildman–Crippen MR) is 86.6 cm³/mol. The molecule has 6 heteroatoms. The molecule has 4 nitrogen and oxygen atoms in total. The van der Waals surface area contributed by atoms with Crippen molar-refractivity contribution in [1.82, 2.24) is 4.90 Å². The van der Waals surface area contributed by atoms with Crippen LogP contribution < -0.4 is 4.74 Å². The molecule has 1 saturated heterocycles. The molecule has 0 amide bonds. The molecule has 116 valence electrons. The van der Waals surface area contributed by atoms with E-state index in [2.05, 4.69) is 20.8 Å². The van der Waals surface area contributed by atoms with Gasteiger partial charge in [0.2, 0.25) is 0 Å². The van der Waals surface area contributed by atoms with Crippen molar-refractivity contribution in [2.75, 3.05) is 39.5 Å². The second kappa shape index (κ2) is 7.58. The molecule has 21 heavy (non-hydrogen) atoms. The number of carbonyl (C=O) groups excluding carboxylic acids is 1. The van der Waals surface area contributed by atoms with Gasteiger partial charge in [0.1, 0.15) is 12.4 Å². The molecular weight excluding hydrogens is 358 g/mol. The van der Waals surface area contributed by atoms with Gasteiger partial charge in [0.05, 0.1) is 23.2 Å². The molecule has 0 saturated carbocycles. The van der Waals surface area contributed by atoms with Crippen molar-refractivity contribution >= 4 is 33.3 Å². The van der Waals surface area contributed by atoms with Crippen molar-refractivity contribution in [3.05, 3.63) is 26.7 Å². The lowest BCUT2D eigenvalue weighted by Gasteiger charge is -2.26. The van der Waals surface area contributed by atoms with Crippen LogP contribution in [0, 0.1) is 6.92 Å². The van der Waals surface area contributed by atoms with Crippen molar-refractivity contribution in [1.29, 1.82) is 0 Å². The van der Waals surface area contributed by atoms with Crippen LogP contribution in [0.25, 0.3) is 0 Å². The number of Topliss-reactive ketones (excluding diaryl/α,β-unsaturated/α-hetero) is 1. The van der Waals surface area contributed by atoms with Crippen molar-refractivity contribution in [3.8, 4) is 5.75 Å². The lowest BCUT2D eigenvalue weighted by molar-refractivity contribution is 0.0321. The van der Waals surface area contributed by atoms with Gasteiger partial charge in [-0.2, -0.15) is 0 Å². The van der Waals surface area contributed by atoms with Crippen LogP contribution in [0.1, 0.15) is 22.8 Å². The van der Waals surface area contributed by atoms with Crippen LogP contribution in [0.5, 0.6) is 5.75 Å². The minimum atomic E-state index is -0.0565. The summed E-state index contributed by atoms with van der Waals surface area (Å²) in [6, 6.07) is 1.67. The molecule has 0 spiro atoms. The van der Waals surface area contributed by atoms with Gasteiger partial charge < -0.3 is 9.47 Å². The van der Waals surface area contributed by atoms with Gasteiger partial charge in [-0.25, -0.2) is 0 Å². The van der Waals surface area contributed by atoms with Crippen LogP contribution in [0.15, 0.2) is 10.5 Å². The first kappa shape index (κ1) is 16.7. The third-order valence-corrected chi connectivity index (χ3v) is 4.89. The van der Waals surface area contributed by atoms with E-state index in [1.165, 1.54) is 6.92 Å². The number of nitrogens with zero attached hydrogens (tertiary/aromatic N) is 1. The number of rotatable bonds is 5. The summed E-state index contributed by atoms with van der Waals surface area (Å²) in [7, 11) is 0. The highest BCUT2D eigenvalue weighted by atomic mass is 79.9. The van der Waals surface area contributed by atoms with Crippen LogP contribution in [0.3, 0.4) is 0 Å². The number of hydrogen-bond acceptors (Lipinski definition) is 4. The van der Waals surface area contributed by atoms with Crippen LogP contribution in [0.2, 0.25) is 5.02 Å².